The zero-order valence-corrected chi connectivity index (χ0v) is 15.3. The van der Waals surface area contributed by atoms with E-state index in [2.05, 4.69) is 10.0 Å². The molecule has 0 spiro atoms. The fraction of sp³-hybridized carbons (Fsp3) is 0.278. The van der Waals surface area contributed by atoms with Gasteiger partial charge in [-0.2, -0.15) is 0 Å². The molecule has 0 aliphatic heterocycles. The number of methoxy groups -OCH3 is 1. The zero-order valence-electron chi connectivity index (χ0n) is 14.5. The molecule has 0 aromatic heterocycles. The first-order valence-electron chi connectivity index (χ1n) is 8.07. The Balaban J connectivity index is 1.89. The summed E-state index contributed by atoms with van der Waals surface area (Å²) in [5, 5.41) is 2.70. The molecule has 8 heteroatoms. The molecule has 0 radical (unpaired) electrons. The number of ether oxygens (including phenoxy) is 2. The molecule has 2 rings (SSSR count). The smallest absolute Gasteiger partial charge is 0.251 e. The van der Waals surface area contributed by atoms with Gasteiger partial charge in [-0.1, -0.05) is 24.3 Å². The number of benzene rings is 2. The lowest BCUT2D eigenvalue weighted by atomic mass is 10.2. The van der Waals surface area contributed by atoms with Gasteiger partial charge in [0.1, 0.15) is 12.4 Å². The van der Waals surface area contributed by atoms with Gasteiger partial charge in [0.25, 0.3) is 5.91 Å². The predicted molar refractivity (Wildman–Crippen MR) is 97.8 cm³/mol. The summed E-state index contributed by atoms with van der Waals surface area (Å²) in [6.45, 7) is 1.04. The number of para-hydroxylation sites is 1. The van der Waals surface area contributed by atoms with E-state index in [0.717, 1.165) is 5.75 Å². The van der Waals surface area contributed by atoms with Gasteiger partial charge in [0.15, 0.2) is 0 Å². The van der Waals surface area contributed by atoms with Crippen molar-refractivity contribution in [3.63, 3.8) is 0 Å². The highest BCUT2D eigenvalue weighted by molar-refractivity contribution is 7.89. The second kappa shape index (κ2) is 9.91. The van der Waals surface area contributed by atoms with Gasteiger partial charge in [0.05, 0.1) is 18.0 Å². The summed E-state index contributed by atoms with van der Waals surface area (Å²) in [5.41, 5.74) is 0.263. The molecule has 0 heterocycles. The standard InChI is InChI=1S/C18H22N2O5S/c1-24-12-11-20-26(22,23)17-9-5-6-15(14-17)18(21)19-10-13-25-16-7-3-2-4-8-16/h2-9,14,20H,10-13H2,1H3,(H,19,21). The van der Waals surface area contributed by atoms with Crippen molar-refractivity contribution in [1.82, 2.24) is 10.0 Å². The van der Waals surface area contributed by atoms with Crippen molar-refractivity contribution < 1.29 is 22.7 Å². The molecule has 0 aliphatic rings. The Bertz CT molecular complexity index is 809. The Morgan fingerprint density at radius 2 is 1.77 bits per heavy atom. The van der Waals surface area contributed by atoms with Crippen LogP contribution in [0.2, 0.25) is 0 Å². The fourth-order valence-corrected chi connectivity index (χ4v) is 3.18. The van der Waals surface area contributed by atoms with Crippen LogP contribution in [0.15, 0.2) is 59.5 Å². The van der Waals surface area contributed by atoms with Gasteiger partial charge in [-0.3, -0.25) is 4.79 Å². The monoisotopic (exact) mass is 378 g/mol. The predicted octanol–water partition coefficient (Wildman–Crippen LogP) is 1.42. The lowest BCUT2D eigenvalue weighted by Crippen LogP contribution is -2.29. The molecule has 7 nitrogen and oxygen atoms in total. The van der Waals surface area contributed by atoms with Gasteiger partial charge in [0, 0.05) is 19.2 Å². The van der Waals surface area contributed by atoms with Crippen LogP contribution in [0.25, 0.3) is 0 Å². The molecule has 2 aromatic rings. The first-order chi connectivity index (χ1) is 12.5. The summed E-state index contributed by atoms with van der Waals surface area (Å²) >= 11 is 0. The molecule has 0 bridgehead atoms. The van der Waals surface area contributed by atoms with Crippen LogP contribution in [-0.4, -0.2) is 47.7 Å². The van der Waals surface area contributed by atoms with Crippen molar-refractivity contribution in [3.8, 4) is 5.75 Å². The van der Waals surface area contributed by atoms with Crippen LogP contribution < -0.4 is 14.8 Å². The van der Waals surface area contributed by atoms with Crippen LogP contribution in [0, 0.1) is 0 Å². The topological polar surface area (TPSA) is 93.7 Å². The molecule has 0 saturated carbocycles. The van der Waals surface area contributed by atoms with Gasteiger partial charge >= 0.3 is 0 Å². The number of carbonyl (C=O) groups is 1. The van der Waals surface area contributed by atoms with Gasteiger partial charge in [-0.05, 0) is 30.3 Å². The number of carbonyl (C=O) groups excluding carboxylic acids is 1. The fourth-order valence-electron chi connectivity index (χ4n) is 2.12. The lowest BCUT2D eigenvalue weighted by Gasteiger charge is -2.09. The largest absolute Gasteiger partial charge is 0.492 e. The molecular formula is C18H22N2O5S. The maximum Gasteiger partial charge on any atom is 0.251 e. The van der Waals surface area contributed by atoms with E-state index in [4.69, 9.17) is 9.47 Å². The Morgan fingerprint density at radius 1 is 1.00 bits per heavy atom. The average Bonchev–Trinajstić information content (AvgIpc) is 2.66. The van der Waals surface area contributed by atoms with Crippen molar-refractivity contribution >= 4 is 15.9 Å². The molecule has 26 heavy (non-hydrogen) atoms. The molecule has 0 fully saturated rings. The van der Waals surface area contributed by atoms with E-state index in [1.54, 1.807) is 6.07 Å². The lowest BCUT2D eigenvalue weighted by molar-refractivity contribution is 0.0947. The van der Waals surface area contributed by atoms with E-state index < -0.39 is 10.0 Å². The first kappa shape index (κ1) is 19.9. The Hall–Kier alpha value is -2.42. The van der Waals surface area contributed by atoms with E-state index >= 15 is 0 Å². The molecule has 0 saturated heterocycles. The second-order valence-corrected chi connectivity index (χ2v) is 7.10. The molecule has 0 aliphatic carbocycles. The average molecular weight is 378 g/mol. The van der Waals surface area contributed by atoms with Crippen LogP contribution in [0.4, 0.5) is 0 Å². The van der Waals surface area contributed by atoms with Gasteiger partial charge in [-0.25, -0.2) is 13.1 Å². The normalized spacial score (nSPS) is 11.1. The SMILES string of the molecule is COCCNS(=O)(=O)c1cccc(C(=O)NCCOc2ccccc2)c1. The number of rotatable bonds is 10. The van der Waals surface area contributed by atoms with E-state index in [-0.39, 0.29) is 29.5 Å². The van der Waals surface area contributed by atoms with Crippen LogP contribution in [0.5, 0.6) is 5.75 Å². The molecule has 2 aromatic carbocycles. The summed E-state index contributed by atoms with van der Waals surface area (Å²) in [5.74, 6) is 0.354. The minimum absolute atomic E-state index is 0.0294. The molecule has 0 unspecified atom stereocenters. The maximum absolute atomic E-state index is 12.2. The summed E-state index contributed by atoms with van der Waals surface area (Å²) < 4.78 is 37.1. The van der Waals surface area contributed by atoms with Crippen molar-refractivity contribution in [3.05, 3.63) is 60.2 Å². The summed E-state index contributed by atoms with van der Waals surface area (Å²) in [4.78, 5) is 12.2. The van der Waals surface area contributed by atoms with E-state index in [1.165, 1.54) is 25.3 Å². The van der Waals surface area contributed by atoms with Crippen LogP contribution >= 0.6 is 0 Å². The van der Waals surface area contributed by atoms with E-state index in [0.29, 0.717) is 13.2 Å². The summed E-state index contributed by atoms with van der Waals surface area (Å²) in [6, 6.07) is 15.1. The third-order valence-electron chi connectivity index (χ3n) is 3.40. The maximum atomic E-state index is 12.2. The highest BCUT2D eigenvalue weighted by Gasteiger charge is 2.15. The first-order valence-corrected chi connectivity index (χ1v) is 9.56. The van der Waals surface area contributed by atoms with E-state index in [9.17, 15) is 13.2 Å². The molecular weight excluding hydrogens is 356 g/mol. The highest BCUT2D eigenvalue weighted by atomic mass is 32.2. The van der Waals surface area contributed by atoms with Crippen LogP contribution in [-0.2, 0) is 14.8 Å². The molecule has 140 valence electrons. The summed E-state index contributed by atoms with van der Waals surface area (Å²) in [7, 11) is -2.20. The Labute approximate surface area is 153 Å². The Kier molecular flexibility index (Phi) is 7.58. The van der Waals surface area contributed by atoms with Crippen molar-refractivity contribution in [1.29, 1.82) is 0 Å². The number of amides is 1. The third kappa shape index (κ3) is 6.14. The van der Waals surface area contributed by atoms with Gasteiger partial charge in [0.2, 0.25) is 10.0 Å². The minimum Gasteiger partial charge on any atom is -0.492 e. The van der Waals surface area contributed by atoms with Crippen molar-refractivity contribution in [2.45, 2.75) is 4.90 Å². The van der Waals surface area contributed by atoms with Gasteiger partial charge in [-0.15, -0.1) is 0 Å². The molecule has 1 amide bonds. The summed E-state index contributed by atoms with van der Waals surface area (Å²) in [6.07, 6.45) is 0. The minimum atomic E-state index is -3.68. The number of sulfonamides is 1. The molecule has 0 atom stereocenters. The zero-order chi connectivity index (χ0) is 18.8. The van der Waals surface area contributed by atoms with Crippen LogP contribution in [0.3, 0.4) is 0 Å². The third-order valence-corrected chi connectivity index (χ3v) is 4.86. The van der Waals surface area contributed by atoms with Crippen LogP contribution in [0.1, 0.15) is 10.4 Å². The number of hydrogen-bond acceptors (Lipinski definition) is 5. The highest BCUT2D eigenvalue weighted by Crippen LogP contribution is 2.11. The second-order valence-electron chi connectivity index (χ2n) is 5.34. The molecule has 2 N–H and O–H groups in total. The number of hydrogen-bond donors (Lipinski definition) is 2. The Morgan fingerprint density at radius 3 is 2.50 bits per heavy atom. The van der Waals surface area contributed by atoms with Gasteiger partial charge < -0.3 is 14.8 Å². The van der Waals surface area contributed by atoms with E-state index in [1.807, 2.05) is 30.3 Å². The number of nitrogens with one attached hydrogen (secondary N) is 2. The van der Waals surface area contributed by atoms with Crippen molar-refractivity contribution in [2.75, 3.05) is 33.4 Å². The van der Waals surface area contributed by atoms with Crippen molar-refractivity contribution in [2.24, 2.45) is 0 Å². The quantitative estimate of drug-likeness (QED) is 0.610.